The Bertz CT molecular complexity index is 466. The van der Waals surface area contributed by atoms with E-state index in [2.05, 4.69) is 0 Å². The van der Waals surface area contributed by atoms with E-state index in [0.717, 1.165) is 4.90 Å². The minimum atomic E-state index is -2.94. The molecule has 0 amide bonds. The molecule has 0 aliphatic carbocycles. The summed E-state index contributed by atoms with van der Waals surface area (Å²) in [5, 5.41) is 0. The third kappa shape index (κ3) is 6.21. The summed E-state index contributed by atoms with van der Waals surface area (Å²) in [6, 6.07) is 9.71. The number of rotatable bonds is 8. The van der Waals surface area contributed by atoms with Crippen LogP contribution in [0.3, 0.4) is 0 Å². The average Bonchev–Trinajstić information content (AvgIpc) is 2.37. The molecular weight excluding hydrogens is 268 g/mol. The van der Waals surface area contributed by atoms with Crippen molar-refractivity contribution < 1.29 is 13.2 Å². The Morgan fingerprint density at radius 2 is 1.89 bits per heavy atom. The number of carbonyl (C=O) groups is 1. The van der Waals surface area contributed by atoms with E-state index in [0.29, 0.717) is 18.6 Å². The zero-order valence-electron chi connectivity index (χ0n) is 10.5. The number of ketones is 1. The van der Waals surface area contributed by atoms with Gasteiger partial charge in [0.1, 0.15) is 15.6 Å². The second-order valence-electron chi connectivity index (χ2n) is 3.98. The number of benzene rings is 1. The highest BCUT2D eigenvalue weighted by Crippen LogP contribution is 2.17. The van der Waals surface area contributed by atoms with E-state index in [1.807, 2.05) is 30.3 Å². The topological polar surface area (TPSA) is 51.2 Å². The van der Waals surface area contributed by atoms with Gasteiger partial charge in [0, 0.05) is 17.1 Å². The summed E-state index contributed by atoms with van der Waals surface area (Å²) in [6.07, 6.45) is 0.781. The van der Waals surface area contributed by atoms with Crippen molar-refractivity contribution in [2.24, 2.45) is 0 Å². The quantitative estimate of drug-likeness (QED) is 0.689. The molecule has 0 spiro atoms. The number of thioether (sulfide) groups is 1. The first-order valence-corrected chi connectivity index (χ1v) is 8.74. The highest BCUT2D eigenvalue weighted by molar-refractivity contribution is 8.00. The van der Waals surface area contributed by atoms with Crippen molar-refractivity contribution in [3.63, 3.8) is 0 Å². The van der Waals surface area contributed by atoms with Crippen molar-refractivity contribution in [2.45, 2.75) is 24.7 Å². The lowest BCUT2D eigenvalue weighted by Crippen LogP contribution is -2.11. The second kappa shape index (κ2) is 7.59. The summed E-state index contributed by atoms with van der Waals surface area (Å²) in [5.74, 6) is 0.789. The molecule has 0 heterocycles. The van der Waals surface area contributed by atoms with Gasteiger partial charge in [0.2, 0.25) is 0 Å². The van der Waals surface area contributed by atoms with Crippen LogP contribution in [0, 0.1) is 0 Å². The van der Waals surface area contributed by atoms with Gasteiger partial charge in [0.25, 0.3) is 0 Å². The lowest BCUT2D eigenvalue weighted by atomic mass is 10.2. The molecule has 0 saturated heterocycles. The first-order chi connectivity index (χ1) is 8.53. The minimum absolute atomic E-state index is 0.107. The van der Waals surface area contributed by atoms with Gasteiger partial charge in [-0.3, -0.25) is 4.79 Å². The predicted molar refractivity (Wildman–Crippen MR) is 75.7 cm³/mol. The average molecular weight is 286 g/mol. The molecule has 1 rings (SSSR count). The number of hydrogen-bond donors (Lipinski definition) is 0. The highest BCUT2D eigenvalue weighted by Gasteiger charge is 2.09. The molecule has 0 aliphatic rings. The van der Waals surface area contributed by atoms with E-state index in [4.69, 9.17) is 0 Å². The van der Waals surface area contributed by atoms with E-state index in [9.17, 15) is 13.2 Å². The summed E-state index contributed by atoms with van der Waals surface area (Å²) >= 11 is 1.49. The molecule has 3 nitrogen and oxygen atoms in total. The Labute approximate surface area is 113 Å². The summed E-state index contributed by atoms with van der Waals surface area (Å²) < 4.78 is 22.5. The Morgan fingerprint density at radius 3 is 2.50 bits per heavy atom. The number of Topliss-reactive ketones (excluding diaryl/α,β-unsaturated/α-hetero) is 1. The van der Waals surface area contributed by atoms with E-state index < -0.39 is 9.84 Å². The Balaban J connectivity index is 2.23. The lowest BCUT2D eigenvalue weighted by Gasteiger charge is -2.02. The van der Waals surface area contributed by atoms with Gasteiger partial charge in [-0.05, 0) is 18.6 Å². The van der Waals surface area contributed by atoms with E-state index in [1.54, 1.807) is 6.92 Å². The molecule has 0 saturated carbocycles. The van der Waals surface area contributed by atoms with Gasteiger partial charge in [-0.1, -0.05) is 25.1 Å². The Morgan fingerprint density at radius 1 is 1.22 bits per heavy atom. The van der Waals surface area contributed by atoms with E-state index in [-0.39, 0.29) is 17.3 Å². The fourth-order valence-electron chi connectivity index (χ4n) is 1.39. The third-order valence-electron chi connectivity index (χ3n) is 2.49. The number of sulfone groups is 1. The van der Waals surface area contributed by atoms with Gasteiger partial charge < -0.3 is 0 Å². The monoisotopic (exact) mass is 286 g/mol. The normalized spacial score (nSPS) is 11.4. The van der Waals surface area contributed by atoms with Gasteiger partial charge in [-0.2, -0.15) is 0 Å². The van der Waals surface area contributed by atoms with Crippen molar-refractivity contribution in [1.82, 2.24) is 0 Å². The molecule has 0 fully saturated rings. The van der Waals surface area contributed by atoms with Crippen LogP contribution >= 0.6 is 11.8 Å². The molecule has 1 aromatic carbocycles. The maximum atomic E-state index is 11.6. The van der Waals surface area contributed by atoms with Crippen LogP contribution in [0.5, 0.6) is 0 Å². The molecule has 0 radical (unpaired) electrons. The fraction of sp³-hybridized carbons (Fsp3) is 0.462. The van der Waals surface area contributed by atoms with Gasteiger partial charge in [0.05, 0.1) is 11.5 Å². The van der Waals surface area contributed by atoms with Crippen LogP contribution in [0.2, 0.25) is 0 Å². The van der Waals surface area contributed by atoms with Crippen LogP contribution in [0.4, 0.5) is 0 Å². The lowest BCUT2D eigenvalue weighted by molar-refractivity contribution is -0.116. The Hall–Kier alpha value is -0.810. The van der Waals surface area contributed by atoms with Crippen LogP contribution in [0.1, 0.15) is 19.8 Å². The predicted octanol–water partition coefficient (Wildman–Crippen LogP) is 2.56. The standard InChI is InChI=1S/C13H18O3S2/c1-2-18(15,16)10-6-7-12(14)11-17-13-8-4-3-5-9-13/h3-5,8-9H,2,6-7,10-11H2,1H3. The van der Waals surface area contributed by atoms with Crippen molar-refractivity contribution >= 4 is 27.4 Å². The number of hydrogen-bond acceptors (Lipinski definition) is 4. The second-order valence-corrected chi connectivity index (χ2v) is 7.50. The van der Waals surface area contributed by atoms with Gasteiger partial charge in [0.15, 0.2) is 0 Å². The molecule has 0 aliphatic heterocycles. The highest BCUT2D eigenvalue weighted by atomic mass is 32.2. The summed E-state index contributed by atoms with van der Waals surface area (Å²) in [5.41, 5.74) is 0. The molecular formula is C13H18O3S2. The van der Waals surface area contributed by atoms with Gasteiger partial charge in [-0.15, -0.1) is 11.8 Å². The molecule has 5 heteroatoms. The van der Waals surface area contributed by atoms with Crippen LogP contribution in [0.25, 0.3) is 0 Å². The molecule has 0 atom stereocenters. The van der Waals surface area contributed by atoms with Gasteiger partial charge >= 0.3 is 0 Å². The Kier molecular flexibility index (Phi) is 6.43. The SMILES string of the molecule is CCS(=O)(=O)CCCC(=O)CSc1ccccc1. The van der Waals surface area contributed by atoms with Crippen LogP contribution in [-0.2, 0) is 14.6 Å². The minimum Gasteiger partial charge on any atom is -0.299 e. The smallest absolute Gasteiger partial charge is 0.150 e. The summed E-state index contributed by atoms with van der Waals surface area (Å²) in [7, 11) is -2.94. The van der Waals surface area contributed by atoms with Crippen molar-refractivity contribution in [3.8, 4) is 0 Å². The molecule has 0 bridgehead atoms. The fourth-order valence-corrected chi connectivity index (χ4v) is 3.08. The first-order valence-electron chi connectivity index (χ1n) is 5.93. The summed E-state index contributed by atoms with van der Waals surface area (Å²) in [4.78, 5) is 12.6. The van der Waals surface area contributed by atoms with Crippen molar-refractivity contribution in [3.05, 3.63) is 30.3 Å². The van der Waals surface area contributed by atoms with E-state index in [1.165, 1.54) is 11.8 Å². The maximum Gasteiger partial charge on any atom is 0.150 e. The zero-order chi connectivity index (χ0) is 13.4. The third-order valence-corrected chi connectivity index (χ3v) is 5.36. The summed E-state index contributed by atoms with van der Waals surface area (Å²) in [6.45, 7) is 1.63. The van der Waals surface area contributed by atoms with Crippen LogP contribution in [-0.4, -0.2) is 31.5 Å². The molecule has 100 valence electrons. The van der Waals surface area contributed by atoms with Crippen molar-refractivity contribution in [2.75, 3.05) is 17.3 Å². The van der Waals surface area contributed by atoms with Crippen molar-refractivity contribution in [1.29, 1.82) is 0 Å². The molecule has 1 aromatic rings. The maximum absolute atomic E-state index is 11.6. The molecule has 0 unspecified atom stereocenters. The molecule has 0 N–H and O–H groups in total. The first kappa shape index (κ1) is 15.2. The van der Waals surface area contributed by atoms with E-state index >= 15 is 0 Å². The zero-order valence-corrected chi connectivity index (χ0v) is 12.1. The van der Waals surface area contributed by atoms with Crippen LogP contribution in [0.15, 0.2) is 35.2 Å². The van der Waals surface area contributed by atoms with Gasteiger partial charge in [-0.25, -0.2) is 8.42 Å². The molecule has 18 heavy (non-hydrogen) atoms. The number of carbonyl (C=O) groups excluding carboxylic acids is 1. The van der Waals surface area contributed by atoms with Crippen LogP contribution < -0.4 is 0 Å². The molecule has 0 aromatic heterocycles. The largest absolute Gasteiger partial charge is 0.299 e.